The van der Waals surface area contributed by atoms with Gasteiger partial charge in [-0.25, -0.2) is 4.98 Å². The molecular weight excluding hydrogens is 359 g/mol. The van der Waals surface area contributed by atoms with Crippen LogP contribution in [0.3, 0.4) is 0 Å². The van der Waals surface area contributed by atoms with E-state index in [0.29, 0.717) is 5.88 Å². The number of aryl methyl sites for hydroxylation is 2. The van der Waals surface area contributed by atoms with Gasteiger partial charge >= 0.3 is 0 Å². The Bertz CT molecular complexity index is 522. The maximum atomic E-state index is 5.87. The summed E-state index contributed by atoms with van der Waals surface area (Å²) >= 11 is 8.20. The number of fused-ring (bicyclic) bond motifs is 1. The molecule has 98 valence electrons. The van der Waals surface area contributed by atoms with Crippen LogP contribution in [-0.2, 0) is 13.0 Å². The second-order valence-electron chi connectivity index (χ2n) is 4.46. The lowest BCUT2D eigenvalue weighted by Gasteiger charge is -2.07. The fraction of sp³-hybridized carbons (Fsp3) is 0.500. The summed E-state index contributed by atoms with van der Waals surface area (Å²) in [4.78, 5) is 4.72. The molecule has 1 aromatic carbocycles. The number of nitrogens with zero attached hydrogens (tertiary/aromatic N) is 2. The maximum Gasteiger partial charge on any atom is 0.111 e. The summed E-state index contributed by atoms with van der Waals surface area (Å²) in [5.74, 6) is 1.76. The number of benzene rings is 1. The summed E-state index contributed by atoms with van der Waals surface area (Å²) in [5, 5.41) is 0. The zero-order chi connectivity index (χ0) is 13.0. The van der Waals surface area contributed by atoms with E-state index in [-0.39, 0.29) is 0 Å². The van der Waals surface area contributed by atoms with Gasteiger partial charge in [0.25, 0.3) is 0 Å². The molecule has 0 spiro atoms. The Kier molecular flexibility index (Phi) is 5.30. The largest absolute Gasteiger partial charge is 0.328 e. The van der Waals surface area contributed by atoms with Gasteiger partial charge in [0.15, 0.2) is 0 Å². The van der Waals surface area contributed by atoms with Crippen molar-refractivity contribution in [2.45, 2.75) is 39.2 Å². The van der Waals surface area contributed by atoms with Crippen molar-refractivity contribution in [1.82, 2.24) is 9.55 Å². The van der Waals surface area contributed by atoms with Gasteiger partial charge in [0.1, 0.15) is 5.82 Å². The van der Waals surface area contributed by atoms with Crippen molar-refractivity contribution in [3.05, 3.63) is 27.6 Å². The predicted molar refractivity (Wildman–Crippen MR) is 86.4 cm³/mol. The predicted octanol–water partition coefficient (Wildman–Crippen LogP) is 4.61. The lowest BCUT2D eigenvalue weighted by molar-refractivity contribution is 0.594. The van der Waals surface area contributed by atoms with Crippen LogP contribution in [0.5, 0.6) is 0 Å². The van der Waals surface area contributed by atoms with Crippen molar-refractivity contribution in [3.8, 4) is 0 Å². The van der Waals surface area contributed by atoms with E-state index in [1.807, 2.05) is 0 Å². The number of rotatable bonds is 6. The third kappa shape index (κ3) is 3.18. The van der Waals surface area contributed by atoms with Gasteiger partial charge in [-0.2, -0.15) is 0 Å². The molecule has 0 saturated carbocycles. The van der Waals surface area contributed by atoms with Gasteiger partial charge in [-0.3, -0.25) is 0 Å². The van der Waals surface area contributed by atoms with Gasteiger partial charge in [0.05, 0.1) is 11.0 Å². The zero-order valence-corrected chi connectivity index (χ0v) is 13.5. The monoisotopic (exact) mass is 376 g/mol. The van der Waals surface area contributed by atoms with Crippen LogP contribution < -0.4 is 0 Å². The second-order valence-corrected chi connectivity index (χ2v) is 6.08. The minimum absolute atomic E-state index is 0.633. The maximum absolute atomic E-state index is 5.87. The Labute approximate surface area is 127 Å². The third-order valence-electron chi connectivity index (χ3n) is 3.09. The van der Waals surface area contributed by atoms with Crippen LogP contribution in [0, 0.1) is 3.57 Å². The topological polar surface area (TPSA) is 17.8 Å². The summed E-state index contributed by atoms with van der Waals surface area (Å²) in [6.07, 6.45) is 4.57. The molecule has 1 aromatic heterocycles. The normalized spacial score (nSPS) is 11.3. The van der Waals surface area contributed by atoms with E-state index in [1.165, 1.54) is 28.3 Å². The molecule has 4 heteroatoms. The van der Waals surface area contributed by atoms with Gasteiger partial charge in [-0.15, -0.1) is 11.6 Å². The number of aromatic nitrogens is 2. The number of imidazole rings is 1. The summed E-state index contributed by atoms with van der Waals surface area (Å²) in [6.45, 7) is 3.28. The van der Waals surface area contributed by atoms with E-state index in [2.05, 4.69) is 52.3 Å². The van der Waals surface area contributed by atoms with E-state index in [9.17, 15) is 0 Å². The second kappa shape index (κ2) is 6.75. The van der Waals surface area contributed by atoms with Crippen LogP contribution in [-0.4, -0.2) is 15.4 Å². The highest BCUT2D eigenvalue weighted by atomic mass is 127. The summed E-state index contributed by atoms with van der Waals surface area (Å²) < 4.78 is 3.57. The Morgan fingerprint density at radius 2 is 2.17 bits per heavy atom. The van der Waals surface area contributed by atoms with Crippen molar-refractivity contribution in [1.29, 1.82) is 0 Å². The summed E-state index contributed by atoms with van der Waals surface area (Å²) in [7, 11) is 0. The van der Waals surface area contributed by atoms with Crippen LogP contribution in [0.2, 0.25) is 0 Å². The Morgan fingerprint density at radius 1 is 1.33 bits per heavy atom. The lowest BCUT2D eigenvalue weighted by Crippen LogP contribution is -2.04. The molecule has 0 saturated heterocycles. The van der Waals surface area contributed by atoms with Gasteiger partial charge in [0, 0.05) is 22.4 Å². The highest BCUT2D eigenvalue weighted by molar-refractivity contribution is 14.1. The molecule has 2 rings (SSSR count). The van der Waals surface area contributed by atoms with Gasteiger partial charge < -0.3 is 4.57 Å². The number of halogens is 2. The van der Waals surface area contributed by atoms with E-state index in [4.69, 9.17) is 16.6 Å². The van der Waals surface area contributed by atoms with Crippen molar-refractivity contribution >= 4 is 45.2 Å². The average Bonchev–Trinajstić information content (AvgIpc) is 2.67. The zero-order valence-electron chi connectivity index (χ0n) is 10.6. The minimum Gasteiger partial charge on any atom is -0.328 e. The first-order chi connectivity index (χ1) is 8.76. The Balaban J connectivity index is 2.35. The summed E-state index contributed by atoms with van der Waals surface area (Å²) in [6, 6.07) is 6.46. The summed E-state index contributed by atoms with van der Waals surface area (Å²) in [5.41, 5.74) is 2.34. The SMILES string of the molecule is CCCCCn1c(CCCl)nc2cc(I)ccc21. The van der Waals surface area contributed by atoms with Gasteiger partial charge in [-0.05, 0) is 47.2 Å². The quantitative estimate of drug-likeness (QED) is 0.409. The third-order valence-corrected chi connectivity index (χ3v) is 3.95. The van der Waals surface area contributed by atoms with Crippen LogP contribution >= 0.6 is 34.2 Å². The first kappa shape index (κ1) is 14.1. The molecule has 0 atom stereocenters. The minimum atomic E-state index is 0.633. The van der Waals surface area contributed by atoms with Crippen LogP contribution in [0.25, 0.3) is 11.0 Å². The van der Waals surface area contributed by atoms with Crippen LogP contribution in [0.4, 0.5) is 0 Å². The van der Waals surface area contributed by atoms with Crippen molar-refractivity contribution < 1.29 is 0 Å². The van der Waals surface area contributed by atoms with Crippen LogP contribution in [0.15, 0.2) is 18.2 Å². The van der Waals surface area contributed by atoms with E-state index >= 15 is 0 Å². The highest BCUT2D eigenvalue weighted by Gasteiger charge is 2.10. The molecule has 2 aromatic rings. The molecule has 1 heterocycles. The lowest BCUT2D eigenvalue weighted by atomic mass is 10.2. The molecule has 0 aliphatic heterocycles. The number of hydrogen-bond acceptors (Lipinski definition) is 1. The molecule has 18 heavy (non-hydrogen) atoms. The Morgan fingerprint density at radius 3 is 2.89 bits per heavy atom. The first-order valence-corrected chi connectivity index (χ1v) is 8.08. The molecule has 0 radical (unpaired) electrons. The van der Waals surface area contributed by atoms with Crippen molar-refractivity contribution in [3.63, 3.8) is 0 Å². The highest BCUT2D eigenvalue weighted by Crippen LogP contribution is 2.20. The van der Waals surface area contributed by atoms with Crippen molar-refractivity contribution in [2.75, 3.05) is 5.88 Å². The first-order valence-electron chi connectivity index (χ1n) is 6.47. The molecule has 0 N–H and O–H groups in total. The molecule has 2 nitrogen and oxygen atoms in total. The fourth-order valence-corrected chi connectivity index (χ4v) is 2.84. The molecule has 0 aliphatic rings. The standard InChI is InChI=1S/C14H18ClIN2/c1-2-3-4-9-18-13-6-5-11(16)10-12(13)17-14(18)7-8-15/h5-6,10H,2-4,7-9H2,1H3. The Hall–Kier alpha value is -0.290. The number of unbranched alkanes of at least 4 members (excludes halogenated alkanes) is 2. The molecular formula is C14H18ClIN2. The number of alkyl halides is 1. The average molecular weight is 377 g/mol. The van der Waals surface area contributed by atoms with Gasteiger partial charge in [-0.1, -0.05) is 19.8 Å². The van der Waals surface area contributed by atoms with Crippen molar-refractivity contribution in [2.24, 2.45) is 0 Å². The van der Waals surface area contributed by atoms with Gasteiger partial charge in [0.2, 0.25) is 0 Å². The van der Waals surface area contributed by atoms with Crippen LogP contribution in [0.1, 0.15) is 32.0 Å². The van der Waals surface area contributed by atoms with E-state index in [1.54, 1.807) is 0 Å². The molecule has 0 aliphatic carbocycles. The fourth-order valence-electron chi connectivity index (χ4n) is 2.20. The number of hydrogen-bond donors (Lipinski definition) is 0. The smallest absolute Gasteiger partial charge is 0.111 e. The molecule has 0 fully saturated rings. The molecule has 0 bridgehead atoms. The molecule has 0 amide bonds. The molecule has 0 unspecified atom stereocenters. The van der Waals surface area contributed by atoms with E-state index < -0.39 is 0 Å². The van der Waals surface area contributed by atoms with E-state index in [0.717, 1.165) is 24.3 Å².